The first-order valence-electron chi connectivity index (χ1n) is 3.91. The van der Waals surface area contributed by atoms with Gasteiger partial charge in [0.15, 0.2) is 0 Å². The summed E-state index contributed by atoms with van der Waals surface area (Å²) in [5, 5.41) is 10.3. The molecule has 0 aliphatic carbocycles. The third-order valence-electron chi connectivity index (χ3n) is 1.89. The fraction of sp³-hybridized carbons (Fsp3) is 0.100. The molecule has 0 atom stereocenters. The summed E-state index contributed by atoms with van der Waals surface area (Å²) in [4.78, 5) is 11.3. The molecule has 1 N–H and O–H groups in total. The number of aromatic hydroxyl groups is 1. The number of aryl methyl sites for hydroxylation is 1. The minimum Gasteiger partial charge on any atom is -0.507 e. The van der Waals surface area contributed by atoms with Crippen LogP contribution in [0.25, 0.3) is 10.8 Å². The highest BCUT2D eigenvalue weighted by Crippen LogP contribution is 2.20. The molecule has 0 aliphatic rings. The van der Waals surface area contributed by atoms with Crippen LogP contribution >= 0.6 is 0 Å². The smallest absolute Gasteiger partial charge is 0.347 e. The predicted octanol–water partition coefficient (Wildman–Crippen LogP) is 1.81. The molecule has 2 rings (SSSR count). The molecule has 13 heavy (non-hydrogen) atoms. The zero-order valence-electron chi connectivity index (χ0n) is 7.07. The summed E-state index contributed by atoms with van der Waals surface area (Å²) in [7, 11) is 0. The van der Waals surface area contributed by atoms with Crippen molar-refractivity contribution in [2.75, 3.05) is 0 Å². The molecular weight excluding hydrogens is 168 g/mol. The molecule has 0 saturated heterocycles. The number of benzene rings is 1. The lowest BCUT2D eigenvalue weighted by atomic mass is 10.1. The Kier molecular flexibility index (Phi) is 1.59. The molecule has 0 radical (unpaired) electrons. The van der Waals surface area contributed by atoms with Crippen LogP contribution in [0.3, 0.4) is 0 Å². The summed E-state index contributed by atoms with van der Waals surface area (Å²) in [5.74, 6) is 0.509. The van der Waals surface area contributed by atoms with Crippen LogP contribution in [-0.4, -0.2) is 5.11 Å². The van der Waals surface area contributed by atoms with Crippen LogP contribution in [0.2, 0.25) is 0 Å². The van der Waals surface area contributed by atoms with E-state index in [9.17, 15) is 9.90 Å². The Bertz CT molecular complexity index is 511. The van der Waals surface area contributed by atoms with Gasteiger partial charge in [-0.05, 0) is 24.4 Å². The summed E-state index contributed by atoms with van der Waals surface area (Å²) < 4.78 is 4.86. The lowest BCUT2D eigenvalue weighted by Gasteiger charge is -1.99. The van der Waals surface area contributed by atoms with Gasteiger partial charge in [-0.25, -0.2) is 4.79 Å². The maximum Gasteiger partial charge on any atom is 0.347 e. The van der Waals surface area contributed by atoms with Crippen molar-refractivity contribution >= 4 is 10.8 Å². The topological polar surface area (TPSA) is 50.4 Å². The highest BCUT2D eigenvalue weighted by molar-refractivity contribution is 5.86. The van der Waals surface area contributed by atoms with Crippen LogP contribution in [-0.2, 0) is 0 Å². The average Bonchev–Trinajstić information content (AvgIpc) is 2.02. The SMILES string of the molecule is Cc1cc2cccc(O)c2c(=O)o1. The van der Waals surface area contributed by atoms with E-state index in [0.29, 0.717) is 11.1 Å². The van der Waals surface area contributed by atoms with E-state index < -0.39 is 5.63 Å². The number of hydrogen-bond acceptors (Lipinski definition) is 3. The second-order valence-electron chi connectivity index (χ2n) is 2.89. The first kappa shape index (κ1) is 7.86. The van der Waals surface area contributed by atoms with Gasteiger partial charge in [0.25, 0.3) is 0 Å². The first-order chi connectivity index (χ1) is 6.18. The molecule has 2 aromatic rings. The molecule has 3 heteroatoms. The Morgan fingerprint density at radius 3 is 2.92 bits per heavy atom. The van der Waals surface area contributed by atoms with Crippen molar-refractivity contribution in [3.63, 3.8) is 0 Å². The predicted molar refractivity (Wildman–Crippen MR) is 48.9 cm³/mol. The van der Waals surface area contributed by atoms with E-state index in [1.165, 1.54) is 6.07 Å². The van der Waals surface area contributed by atoms with E-state index in [4.69, 9.17) is 4.42 Å². The minimum atomic E-state index is -0.492. The molecular formula is C10H8O3. The third kappa shape index (κ3) is 1.18. The lowest BCUT2D eigenvalue weighted by molar-refractivity contribution is 0.466. The Morgan fingerprint density at radius 2 is 2.15 bits per heavy atom. The second kappa shape index (κ2) is 2.62. The third-order valence-corrected chi connectivity index (χ3v) is 1.89. The summed E-state index contributed by atoms with van der Waals surface area (Å²) in [6, 6.07) is 6.64. The Hall–Kier alpha value is -1.77. The van der Waals surface area contributed by atoms with Crippen molar-refractivity contribution < 1.29 is 9.52 Å². The van der Waals surface area contributed by atoms with Gasteiger partial charge in [-0.2, -0.15) is 0 Å². The van der Waals surface area contributed by atoms with Gasteiger partial charge in [0, 0.05) is 0 Å². The number of phenolic OH excluding ortho intramolecular Hbond substituents is 1. The summed E-state index contributed by atoms with van der Waals surface area (Å²) >= 11 is 0. The van der Waals surface area contributed by atoms with E-state index in [2.05, 4.69) is 0 Å². The molecule has 3 nitrogen and oxygen atoms in total. The monoisotopic (exact) mass is 176 g/mol. The Morgan fingerprint density at radius 1 is 1.38 bits per heavy atom. The normalized spacial score (nSPS) is 10.5. The number of phenols is 1. The van der Waals surface area contributed by atoms with Gasteiger partial charge in [0.05, 0.1) is 0 Å². The molecule has 1 aromatic heterocycles. The van der Waals surface area contributed by atoms with Gasteiger partial charge in [-0.15, -0.1) is 0 Å². The number of rotatable bonds is 0. The fourth-order valence-electron chi connectivity index (χ4n) is 1.35. The molecule has 0 unspecified atom stereocenters. The highest BCUT2D eigenvalue weighted by Gasteiger charge is 2.05. The van der Waals surface area contributed by atoms with Crippen LogP contribution in [0.15, 0.2) is 33.5 Å². The van der Waals surface area contributed by atoms with Crippen molar-refractivity contribution in [1.82, 2.24) is 0 Å². The van der Waals surface area contributed by atoms with Crippen LogP contribution in [0.1, 0.15) is 5.76 Å². The highest BCUT2D eigenvalue weighted by atomic mass is 16.4. The van der Waals surface area contributed by atoms with Crippen molar-refractivity contribution in [2.24, 2.45) is 0 Å². The van der Waals surface area contributed by atoms with Gasteiger partial charge >= 0.3 is 5.63 Å². The van der Waals surface area contributed by atoms with Crippen LogP contribution in [0.5, 0.6) is 5.75 Å². The van der Waals surface area contributed by atoms with E-state index in [-0.39, 0.29) is 11.1 Å². The van der Waals surface area contributed by atoms with Gasteiger partial charge in [0.1, 0.15) is 16.9 Å². The standard InChI is InChI=1S/C10H8O3/c1-6-5-7-3-2-4-8(11)9(7)10(12)13-6/h2-5,11H,1H3. The van der Waals surface area contributed by atoms with Crippen LogP contribution in [0.4, 0.5) is 0 Å². The van der Waals surface area contributed by atoms with E-state index in [1.54, 1.807) is 25.1 Å². The Labute approximate surface area is 74.2 Å². The zero-order chi connectivity index (χ0) is 9.42. The van der Waals surface area contributed by atoms with E-state index in [0.717, 1.165) is 0 Å². The number of fused-ring (bicyclic) bond motifs is 1. The molecule has 1 heterocycles. The molecule has 0 fully saturated rings. The largest absolute Gasteiger partial charge is 0.507 e. The van der Waals surface area contributed by atoms with E-state index in [1.807, 2.05) is 0 Å². The van der Waals surface area contributed by atoms with Crippen LogP contribution < -0.4 is 5.63 Å². The zero-order valence-corrected chi connectivity index (χ0v) is 7.07. The molecule has 0 aliphatic heterocycles. The van der Waals surface area contributed by atoms with Crippen molar-refractivity contribution in [3.05, 3.63) is 40.4 Å². The minimum absolute atomic E-state index is 0.0359. The maximum atomic E-state index is 11.3. The van der Waals surface area contributed by atoms with Crippen LogP contribution in [0, 0.1) is 6.92 Å². The second-order valence-corrected chi connectivity index (χ2v) is 2.89. The van der Waals surface area contributed by atoms with Crippen molar-refractivity contribution in [2.45, 2.75) is 6.92 Å². The average molecular weight is 176 g/mol. The fourth-order valence-corrected chi connectivity index (χ4v) is 1.35. The first-order valence-corrected chi connectivity index (χ1v) is 3.91. The summed E-state index contributed by atoms with van der Waals surface area (Å²) in [5.41, 5.74) is -0.492. The van der Waals surface area contributed by atoms with Crippen molar-refractivity contribution in [1.29, 1.82) is 0 Å². The summed E-state index contributed by atoms with van der Waals surface area (Å²) in [6.45, 7) is 1.70. The van der Waals surface area contributed by atoms with Crippen molar-refractivity contribution in [3.8, 4) is 5.75 Å². The van der Waals surface area contributed by atoms with E-state index >= 15 is 0 Å². The molecule has 0 bridgehead atoms. The van der Waals surface area contributed by atoms with Gasteiger partial charge in [-0.1, -0.05) is 12.1 Å². The Balaban J connectivity index is 3.03. The molecule has 1 aromatic carbocycles. The molecule has 0 amide bonds. The maximum absolute atomic E-state index is 11.3. The van der Waals surface area contributed by atoms with Gasteiger partial charge in [0.2, 0.25) is 0 Å². The lowest BCUT2D eigenvalue weighted by Crippen LogP contribution is -2.00. The molecule has 0 spiro atoms. The molecule has 66 valence electrons. The van der Waals surface area contributed by atoms with Gasteiger partial charge in [-0.3, -0.25) is 0 Å². The molecule has 0 saturated carbocycles. The quantitative estimate of drug-likeness (QED) is 0.665. The van der Waals surface area contributed by atoms with Gasteiger partial charge < -0.3 is 9.52 Å². The number of hydrogen-bond donors (Lipinski definition) is 1. The summed E-state index contributed by atoms with van der Waals surface area (Å²) in [6.07, 6.45) is 0.